The molecule has 0 saturated carbocycles. The number of esters is 1. The second-order valence-corrected chi connectivity index (χ2v) is 19.0. The monoisotopic (exact) mass is 1100 g/mol. The summed E-state index contributed by atoms with van der Waals surface area (Å²) in [6, 6.07) is 12.3. The van der Waals surface area contributed by atoms with E-state index in [-0.39, 0.29) is 78.1 Å². The fourth-order valence-electron chi connectivity index (χ4n) is 8.44. The van der Waals surface area contributed by atoms with Gasteiger partial charge >= 0.3 is 5.97 Å². The number of rotatable bonds is 28. The largest absolute Gasteiger partial charge is 0.454 e. The Hall–Kier alpha value is -8.85. The van der Waals surface area contributed by atoms with Gasteiger partial charge in [0.1, 0.15) is 17.8 Å². The van der Waals surface area contributed by atoms with Crippen molar-refractivity contribution in [2.24, 2.45) is 56.2 Å². The SMILES string of the molecule is CC[C@H](C)[C@H](N)C(=O)N[C@@H](CCCN=C(N)N)C(=O)NCC(=O)NCC(=O)Nc1ccc2c(c1)Oc1c(NC(=O)CNC(=O)CNC(=O)[C@H](CCCN=C(N)N)NC(=O)[C@@H](N)[C@@H](C)CC)cccc1C21OC(=O)c2ccccc21. The van der Waals surface area contributed by atoms with E-state index in [4.69, 9.17) is 43.9 Å². The molecule has 27 heteroatoms. The number of ether oxygens (including phenoxy) is 2. The lowest BCUT2D eigenvalue weighted by Crippen LogP contribution is -2.54. The molecule has 2 heterocycles. The number of amides is 8. The van der Waals surface area contributed by atoms with Crippen molar-refractivity contribution >= 4 is 76.5 Å². The lowest BCUT2D eigenvalue weighted by atomic mass is 9.77. The summed E-state index contributed by atoms with van der Waals surface area (Å²) in [6.45, 7) is 5.55. The van der Waals surface area contributed by atoms with E-state index < -0.39 is 109 Å². The zero-order valence-electron chi connectivity index (χ0n) is 44.6. The van der Waals surface area contributed by atoms with Crippen LogP contribution in [0.1, 0.15) is 93.3 Å². The normalized spacial score (nSPS) is 15.9. The Morgan fingerprint density at radius 1 is 0.582 bits per heavy atom. The topological polar surface area (TPSA) is 449 Å². The number of fused-ring (bicyclic) bond motifs is 6. The number of hydrogen-bond donors (Lipinski definition) is 14. The molecule has 3 aromatic carbocycles. The zero-order chi connectivity index (χ0) is 58.0. The third kappa shape index (κ3) is 16.3. The average Bonchev–Trinajstić information content (AvgIpc) is 3.97. The van der Waals surface area contributed by atoms with Crippen molar-refractivity contribution in [3.05, 3.63) is 82.9 Å². The van der Waals surface area contributed by atoms with Crippen LogP contribution in [0.4, 0.5) is 11.4 Å². The van der Waals surface area contributed by atoms with Crippen LogP contribution in [0.3, 0.4) is 0 Å². The summed E-state index contributed by atoms with van der Waals surface area (Å²) in [6.07, 6.45) is 2.14. The lowest BCUT2D eigenvalue weighted by molar-refractivity contribution is -0.131. The number of hydrogen-bond acceptors (Lipinski definition) is 15. The Kier molecular flexibility index (Phi) is 22.0. The van der Waals surface area contributed by atoms with Gasteiger partial charge in [-0.05, 0) is 61.8 Å². The van der Waals surface area contributed by atoms with Crippen LogP contribution in [-0.4, -0.2) is 129 Å². The van der Waals surface area contributed by atoms with Gasteiger partial charge in [-0.1, -0.05) is 70.9 Å². The van der Waals surface area contributed by atoms with E-state index in [0.717, 1.165) is 0 Å². The highest BCUT2D eigenvalue weighted by Gasteiger charge is 2.54. The van der Waals surface area contributed by atoms with Crippen LogP contribution in [0, 0.1) is 11.8 Å². The zero-order valence-corrected chi connectivity index (χ0v) is 44.6. The summed E-state index contributed by atoms with van der Waals surface area (Å²) < 4.78 is 12.7. The van der Waals surface area contributed by atoms with Crippen molar-refractivity contribution in [3.63, 3.8) is 0 Å². The third-order valence-electron chi connectivity index (χ3n) is 13.3. The maximum Gasteiger partial charge on any atom is 0.340 e. The fourth-order valence-corrected chi connectivity index (χ4v) is 8.44. The Balaban J connectivity index is 1.24. The highest BCUT2D eigenvalue weighted by atomic mass is 16.6. The van der Waals surface area contributed by atoms with Crippen LogP contribution in [0.5, 0.6) is 11.5 Å². The van der Waals surface area contributed by atoms with Crippen molar-refractivity contribution in [3.8, 4) is 11.5 Å². The molecule has 20 N–H and O–H groups in total. The van der Waals surface area contributed by atoms with Crippen LogP contribution in [0.25, 0.3) is 0 Å². The van der Waals surface area contributed by atoms with E-state index in [2.05, 4.69) is 52.5 Å². The number of carbonyl (C=O) groups is 9. The Labute approximate surface area is 456 Å². The number of nitrogens with zero attached hydrogens (tertiary/aromatic N) is 2. The number of aliphatic imine (C=N–C) groups is 2. The minimum Gasteiger partial charge on any atom is -0.454 e. The van der Waals surface area contributed by atoms with Gasteiger partial charge in [0.05, 0.1) is 49.5 Å². The molecule has 79 heavy (non-hydrogen) atoms. The van der Waals surface area contributed by atoms with Gasteiger partial charge in [0, 0.05) is 41.5 Å². The molecule has 8 amide bonds. The maximum atomic E-state index is 13.5. The third-order valence-corrected chi connectivity index (χ3v) is 13.3. The summed E-state index contributed by atoms with van der Waals surface area (Å²) in [5, 5.41) is 20.5. The van der Waals surface area contributed by atoms with Crippen LogP contribution < -0.4 is 81.7 Å². The molecule has 1 unspecified atom stereocenters. The Bertz CT molecular complexity index is 2820. The molecule has 5 rings (SSSR count). The van der Waals surface area contributed by atoms with Crippen molar-refractivity contribution in [2.75, 3.05) is 49.9 Å². The highest BCUT2D eigenvalue weighted by molar-refractivity contribution is 6.00. The van der Waals surface area contributed by atoms with Gasteiger partial charge in [-0.25, -0.2) is 4.79 Å². The quantitative estimate of drug-likeness (QED) is 0.0169. The van der Waals surface area contributed by atoms with Gasteiger partial charge in [-0.3, -0.25) is 48.3 Å². The van der Waals surface area contributed by atoms with Gasteiger partial charge in [0.2, 0.25) is 47.3 Å². The van der Waals surface area contributed by atoms with Crippen molar-refractivity contribution in [1.29, 1.82) is 0 Å². The van der Waals surface area contributed by atoms with Crippen molar-refractivity contribution < 1.29 is 52.6 Å². The van der Waals surface area contributed by atoms with Crippen LogP contribution in [0.2, 0.25) is 0 Å². The fraction of sp³-hybridized carbons (Fsp3) is 0.442. The first-order valence-electron chi connectivity index (χ1n) is 25.8. The first kappa shape index (κ1) is 61.0. The Morgan fingerprint density at radius 2 is 1.08 bits per heavy atom. The van der Waals surface area contributed by atoms with Crippen LogP contribution in [-0.2, 0) is 48.7 Å². The van der Waals surface area contributed by atoms with E-state index in [1.165, 1.54) is 12.1 Å². The first-order valence-corrected chi connectivity index (χ1v) is 25.8. The molecule has 7 atom stereocenters. The van der Waals surface area contributed by atoms with E-state index in [0.29, 0.717) is 42.4 Å². The number of para-hydroxylation sites is 1. The molecule has 0 aromatic heterocycles. The predicted molar refractivity (Wildman–Crippen MR) is 293 cm³/mol. The molecule has 0 radical (unpaired) electrons. The standard InChI is InChI=1S/C52H72N16O11/c1-5-27(3)42(53)47(75)67-35(16-10-20-59-50(55)56)45(73)63-23-38(69)61-25-40(71)65-29-18-19-32-37(22-29)78-44-33(52(32)31-13-8-7-12-30(31)49(77)79-52)14-9-15-34(44)66-41(72)26-62-39(70)24-64-46(74)36(17-11-21-60-51(57)58)68-48(76)43(54)28(4)6-2/h7-9,12-15,18-19,22,27-28,35-36,42-43H,5-6,10-11,16-17,20-21,23-26,53-54H2,1-4H3,(H,61,69)(H,62,70)(H,63,73)(H,64,74)(H,65,71)(H,66,72)(H,67,75)(H,68,76)(H4,55,56,59)(H4,57,58,60)/t27-,28-,35-,36-,42-,43-,52?/m0/s1. The first-order chi connectivity index (χ1) is 37.6. The minimum absolute atomic E-state index is 0.0686. The summed E-state index contributed by atoms with van der Waals surface area (Å²) in [5.74, 6) is -6.33. The smallest absolute Gasteiger partial charge is 0.340 e. The van der Waals surface area contributed by atoms with E-state index in [1.54, 1.807) is 62.4 Å². The predicted octanol–water partition coefficient (Wildman–Crippen LogP) is -1.58. The molecular formula is C52H72N16O11. The summed E-state index contributed by atoms with van der Waals surface area (Å²) >= 11 is 0. The van der Waals surface area contributed by atoms with E-state index in [1.807, 2.05) is 13.8 Å². The molecule has 0 bridgehead atoms. The van der Waals surface area contributed by atoms with Gasteiger partial charge in [-0.15, -0.1) is 0 Å². The molecule has 2 aliphatic rings. The summed E-state index contributed by atoms with van der Waals surface area (Å²) in [5.41, 5.74) is 34.0. The number of nitrogens with two attached hydrogens (primary N) is 6. The number of nitrogens with one attached hydrogen (secondary N) is 8. The molecule has 3 aromatic rings. The summed E-state index contributed by atoms with van der Waals surface area (Å²) in [7, 11) is 0. The molecule has 1 spiro atoms. The second-order valence-electron chi connectivity index (χ2n) is 19.0. The Morgan fingerprint density at radius 3 is 1.59 bits per heavy atom. The number of guanidine groups is 2. The van der Waals surface area contributed by atoms with Crippen LogP contribution in [0.15, 0.2) is 70.6 Å². The van der Waals surface area contributed by atoms with Gasteiger partial charge in [0.25, 0.3) is 0 Å². The molecule has 0 aliphatic carbocycles. The second kappa shape index (κ2) is 28.5. The number of benzene rings is 3. The maximum absolute atomic E-state index is 13.5. The van der Waals surface area contributed by atoms with Crippen LogP contribution >= 0.6 is 0 Å². The average molecular weight is 1100 g/mol. The summed E-state index contributed by atoms with van der Waals surface area (Å²) in [4.78, 5) is 126. The number of carbonyl (C=O) groups excluding carboxylic acids is 9. The van der Waals surface area contributed by atoms with E-state index >= 15 is 0 Å². The minimum atomic E-state index is -1.60. The van der Waals surface area contributed by atoms with Crippen molar-refractivity contribution in [1.82, 2.24) is 31.9 Å². The molecule has 2 aliphatic heterocycles. The van der Waals surface area contributed by atoms with E-state index in [9.17, 15) is 43.2 Å². The lowest BCUT2D eigenvalue weighted by Gasteiger charge is -2.37. The molecule has 0 saturated heterocycles. The molecule has 426 valence electrons. The van der Waals surface area contributed by atoms with Gasteiger partial charge in [-0.2, -0.15) is 0 Å². The van der Waals surface area contributed by atoms with Crippen molar-refractivity contribution in [2.45, 2.75) is 96.0 Å². The highest BCUT2D eigenvalue weighted by Crippen LogP contribution is 2.58. The van der Waals surface area contributed by atoms with Gasteiger partial charge in [0.15, 0.2) is 23.3 Å². The number of anilines is 2. The van der Waals surface area contributed by atoms with Gasteiger partial charge < -0.3 is 86.4 Å². The molecule has 0 fully saturated rings. The molecular weight excluding hydrogens is 1020 g/mol. The molecule has 27 nitrogen and oxygen atoms in total.